The van der Waals surface area contributed by atoms with Gasteiger partial charge in [-0.3, -0.25) is 14.6 Å². The average Bonchev–Trinajstić information content (AvgIpc) is 2.94. The Bertz CT molecular complexity index is 1040. The molecule has 0 bridgehead atoms. The zero-order valence-electron chi connectivity index (χ0n) is 30.0. The second kappa shape index (κ2) is 19.9. The molecule has 1 aliphatic rings. The minimum atomic E-state index is -3.55. The molecule has 11 nitrogen and oxygen atoms in total. The Kier molecular flexibility index (Phi) is 18.3. The number of unbranched alkanes of at least 4 members (excludes halogenated alkanes) is 10. The van der Waals surface area contributed by atoms with E-state index in [1.807, 2.05) is 0 Å². The third-order valence-electron chi connectivity index (χ3n) is 8.12. The third kappa shape index (κ3) is 16.4. The predicted molar refractivity (Wildman–Crippen MR) is 183 cm³/mol. The fraction of sp³-hybridized carbons (Fsp3) is 0.912. The largest absolute Gasteiger partial charge is 0.460 e. The summed E-state index contributed by atoms with van der Waals surface area (Å²) in [5.74, 6) is 4.21. The lowest BCUT2D eigenvalue weighted by molar-refractivity contribution is -0.167. The molecule has 1 aliphatic heterocycles. The van der Waals surface area contributed by atoms with Gasteiger partial charge in [0.25, 0.3) is 5.91 Å². The summed E-state index contributed by atoms with van der Waals surface area (Å²) >= 11 is 0. The molecular weight excluding hydrogens is 608 g/mol. The van der Waals surface area contributed by atoms with E-state index >= 15 is 0 Å². The van der Waals surface area contributed by atoms with Crippen molar-refractivity contribution in [2.45, 2.75) is 180 Å². The molecule has 0 aliphatic carbocycles. The standard InChI is InChI=1S/C34H66N4O7S/c1-8-9-10-11-12-13-14-15-16-21-26-46(42,43)38-25-20-18-22-28(38)27-37(36)30(40)34(35,31(41)45-33(5,6)7)24-19-17-23-29(39)44-32(2,3)4/h28H,8-27,35-36H2,1-7H3. The predicted octanol–water partition coefficient (Wildman–Crippen LogP) is 5.74. The maximum atomic E-state index is 13.7. The molecule has 1 fully saturated rings. The van der Waals surface area contributed by atoms with E-state index in [-0.39, 0.29) is 37.5 Å². The van der Waals surface area contributed by atoms with Gasteiger partial charge in [0, 0.05) is 19.0 Å². The summed E-state index contributed by atoms with van der Waals surface area (Å²) in [5, 5.41) is 0.886. The van der Waals surface area contributed by atoms with Gasteiger partial charge in [-0.2, -0.15) is 4.31 Å². The Morgan fingerprint density at radius 1 is 0.804 bits per heavy atom. The number of hydrogen-bond acceptors (Lipinski definition) is 9. The van der Waals surface area contributed by atoms with Gasteiger partial charge >= 0.3 is 11.9 Å². The van der Waals surface area contributed by atoms with Gasteiger partial charge in [-0.15, -0.1) is 0 Å². The lowest BCUT2D eigenvalue weighted by Crippen LogP contribution is -2.65. The minimum absolute atomic E-state index is 0.0644. The highest BCUT2D eigenvalue weighted by Gasteiger charge is 2.47. The summed E-state index contributed by atoms with van der Waals surface area (Å²) in [4.78, 5) is 39.2. The van der Waals surface area contributed by atoms with Crippen LogP contribution in [0, 0.1) is 0 Å². The number of nitrogens with two attached hydrogens (primary N) is 2. The second-order valence-corrected chi connectivity index (χ2v) is 17.0. The summed E-state index contributed by atoms with van der Waals surface area (Å²) in [5.41, 5.74) is 2.88. The van der Waals surface area contributed by atoms with Crippen LogP contribution in [0.25, 0.3) is 0 Å². The molecule has 0 aromatic rings. The zero-order chi connectivity index (χ0) is 35.0. The maximum Gasteiger partial charge on any atom is 0.336 e. The molecule has 1 saturated heterocycles. The van der Waals surface area contributed by atoms with E-state index < -0.39 is 44.7 Å². The van der Waals surface area contributed by atoms with E-state index in [0.717, 1.165) is 37.1 Å². The van der Waals surface area contributed by atoms with Crippen LogP contribution < -0.4 is 11.6 Å². The zero-order valence-corrected chi connectivity index (χ0v) is 30.9. The number of piperidine rings is 1. The molecule has 1 heterocycles. The Hall–Kier alpha value is -1.76. The highest BCUT2D eigenvalue weighted by Crippen LogP contribution is 2.25. The third-order valence-corrected chi connectivity index (χ3v) is 10.1. The molecule has 270 valence electrons. The Balaban J connectivity index is 2.83. The van der Waals surface area contributed by atoms with Crippen molar-refractivity contribution in [1.29, 1.82) is 0 Å². The number of carbonyl (C=O) groups excluding carboxylic acids is 3. The Morgan fingerprint density at radius 2 is 1.35 bits per heavy atom. The van der Waals surface area contributed by atoms with E-state index in [1.165, 1.54) is 42.8 Å². The molecule has 0 aromatic carbocycles. The topological polar surface area (TPSA) is 162 Å². The molecule has 46 heavy (non-hydrogen) atoms. The van der Waals surface area contributed by atoms with Crippen molar-refractivity contribution in [1.82, 2.24) is 9.31 Å². The number of nitrogens with zero attached hydrogens (tertiary/aromatic N) is 2. The van der Waals surface area contributed by atoms with Gasteiger partial charge in [0.05, 0.1) is 12.3 Å². The van der Waals surface area contributed by atoms with Gasteiger partial charge < -0.3 is 15.2 Å². The lowest BCUT2D eigenvalue weighted by atomic mass is 9.91. The summed E-state index contributed by atoms with van der Waals surface area (Å²) in [6, 6.07) is -0.508. The van der Waals surface area contributed by atoms with Crippen LogP contribution in [-0.2, 0) is 33.9 Å². The quantitative estimate of drug-likeness (QED) is 0.0386. The highest BCUT2D eigenvalue weighted by atomic mass is 32.2. The van der Waals surface area contributed by atoms with Crippen LogP contribution in [-0.4, -0.2) is 77.2 Å². The number of hydrogen-bond donors (Lipinski definition) is 2. The fourth-order valence-corrected chi connectivity index (χ4v) is 7.55. The van der Waals surface area contributed by atoms with Gasteiger partial charge in [0.15, 0.2) is 5.54 Å². The van der Waals surface area contributed by atoms with Crippen LogP contribution in [0.5, 0.6) is 0 Å². The normalized spacial score (nSPS) is 17.7. The molecule has 12 heteroatoms. The number of amides is 1. The molecule has 4 N–H and O–H groups in total. The number of carbonyl (C=O) groups is 3. The first-order valence-corrected chi connectivity index (χ1v) is 19.2. The van der Waals surface area contributed by atoms with Crippen molar-refractivity contribution in [3.63, 3.8) is 0 Å². The van der Waals surface area contributed by atoms with E-state index in [1.54, 1.807) is 41.5 Å². The summed E-state index contributed by atoms with van der Waals surface area (Å²) in [6.45, 7) is 12.9. The number of esters is 2. The molecule has 1 rings (SSSR count). The number of sulfonamides is 1. The average molecular weight is 675 g/mol. The molecule has 0 saturated carbocycles. The number of ether oxygens (including phenoxy) is 2. The van der Waals surface area contributed by atoms with Crippen LogP contribution in [0.2, 0.25) is 0 Å². The van der Waals surface area contributed by atoms with Crippen molar-refractivity contribution in [3.8, 4) is 0 Å². The van der Waals surface area contributed by atoms with Crippen LogP contribution in [0.3, 0.4) is 0 Å². The van der Waals surface area contributed by atoms with Gasteiger partial charge in [-0.25, -0.2) is 19.1 Å². The molecule has 0 aromatic heterocycles. The lowest BCUT2D eigenvalue weighted by Gasteiger charge is -2.38. The highest BCUT2D eigenvalue weighted by molar-refractivity contribution is 7.89. The van der Waals surface area contributed by atoms with Crippen molar-refractivity contribution in [2.24, 2.45) is 11.6 Å². The van der Waals surface area contributed by atoms with E-state index in [2.05, 4.69) is 6.92 Å². The first-order chi connectivity index (χ1) is 21.3. The van der Waals surface area contributed by atoms with Crippen LogP contribution >= 0.6 is 0 Å². The van der Waals surface area contributed by atoms with E-state index in [9.17, 15) is 22.8 Å². The van der Waals surface area contributed by atoms with E-state index in [4.69, 9.17) is 21.1 Å². The van der Waals surface area contributed by atoms with Gasteiger partial charge in [0.1, 0.15) is 11.2 Å². The Morgan fingerprint density at radius 3 is 1.89 bits per heavy atom. The second-order valence-electron chi connectivity index (χ2n) is 15.0. The van der Waals surface area contributed by atoms with Crippen LogP contribution in [0.1, 0.15) is 158 Å². The first-order valence-electron chi connectivity index (χ1n) is 17.6. The smallest absolute Gasteiger partial charge is 0.336 e. The maximum absolute atomic E-state index is 13.7. The van der Waals surface area contributed by atoms with Crippen LogP contribution in [0.15, 0.2) is 0 Å². The monoisotopic (exact) mass is 674 g/mol. The Labute approximate surface area is 279 Å². The van der Waals surface area contributed by atoms with Gasteiger partial charge in [0.2, 0.25) is 10.0 Å². The molecule has 1 amide bonds. The van der Waals surface area contributed by atoms with Gasteiger partial charge in [-0.05, 0) is 80.1 Å². The molecule has 0 radical (unpaired) electrons. The van der Waals surface area contributed by atoms with Crippen molar-refractivity contribution in [3.05, 3.63) is 0 Å². The molecule has 0 spiro atoms. The molecule has 2 atom stereocenters. The first kappa shape index (κ1) is 42.3. The fourth-order valence-electron chi connectivity index (χ4n) is 5.71. The molecular formula is C34H66N4O7S. The van der Waals surface area contributed by atoms with Crippen LogP contribution in [0.4, 0.5) is 0 Å². The van der Waals surface area contributed by atoms with Crippen molar-refractivity contribution >= 4 is 27.9 Å². The van der Waals surface area contributed by atoms with E-state index in [0.29, 0.717) is 25.8 Å². The van der Waals surface area contributed by atoms with Crippen molar-refractivity contribution < 1.29 is 32.3 Å². The number of rotatable bonds is 21. The summed E-state index contributed by atoms with van der Waals surface area (Å²) < 4.78 is 39.2. The molecule has 2 unspecified atom stereocenters. The van der Waals surface area contributed by atoms with Crippen molar-refractivity contribution in [2.75, 3.05) is 18.8 Å². The summed E-state index contributed by atoms with van der Waals surface area (Å²) in [6.07, 6.45) is 13.9. The SMILES string of the molecule is CCCCCCCCCCCCS(=O)(=O)N1CCCCC1CN(N)C(=O)C(N)(CCCCC(=O)OC(C)(C)C)C(=O)OC(C)(C)C. The van der Waals surface area contributed by atoms with Gasteiger partial charge in [-0.1, -0.05) is 71.1 Å². The summed E-state index contributed by atoms with van der Waals surface area (Å²) in [7, 11) is -3.55. The minimum Gasteiger partial charge on any atom is -0.460 e. The number of hydrazine groups is 1.